The molecule has 0 radical (unpaired) electrons. The van der Waals surface area contributed by atoms with Crippen LogP contribution in [0.4, 0.5) is 30.6 Å². The number of carbonyl (C=O) groups is 8. The zero-order valence-electron chi connectivity index (χ0n) is 38.2. The number of aryl methyl sites for hydroxylation is 2. The van der Waals surface area contributed by atoms with Gasteiger partial charge in [0.2, 0.25) is 17.1 Å². The molecular weight excluding hydrogens is 913 g/mol. The first-order valence-corrected chi connectivity index (χ1v) is 23.0. The van der Waals surface area contributed by atoms with Gasteiger partial charge in [0.1, 0.15) is 13.1 Å². The number of imide groups is 2. The van der Waals surface area contributed by atoms with E-state index >= 15 is 0 Å². The fraction of sp³-hybridized carbons (Fsp3) is 0.385. The predicted molar refractivity (Wildman–Crippen MR) is 263 cm³/mol. The zero-order chi connectivity index (χ0) is 48.9. The SMILES string of the molecule is C.C.CNC(=O)Nc1ccc2c(c1)CC[C@@]21OC(=O)N(CC(=O)N2CCCC2c2ccccc2)C1=O.CNC(=O)Nc1ccc2c(c1)CC[C@@]21OC(=O)N(CC(=O)O)C1=O.c1ccc(C2CCCN2)cc1. The van der Waals surface area contributed by atoms with E-state index in [9.17, 15) is 38.4 Å². The maximum absolute atomic E-state index is 13.4. The summed E-state index contributed by atoms with van der Waals surface area (Å²) in [5.74, 6) is -2.73. The first-order chi connectivity index (χ1) is 33.3. The van der Waals surface area contributed by atoms with Crippen LogP contribution in [0.1, 0.15) is 98.8 Å². The number of amides is 9. The van der Waals surface area contributed by atoms with Crippen molar-refractivity contribution in [3.63, 3.8) is 0 Å². The van der Waals surface area contributed by atoms with Gasteiger partial charge in [-0.3, -0.25) is 19.2 Å². The van der Waals surface area contributed by atoms with E-state index in [0.717, 1.165) is 34.4 Å². The number of aliphatic carboxylic acids is 1. The van der Waals surface area contributed by atoms with Gasteiger partial charge in [-0.2, -0.15) is 0 Å². The number of benzene rings is 4. The molecule has 0 bridgehead atoms. The van der Waals surface area contributed by atoms with Gasteiger partial charge in [0, 0.05) is 62.0 Å². The van der Waals surface area contributed by atoms with E-state index in [0.29, 0.717) is 59.3 Å². The lowest BCUT2D eigenvalue weighted by atomic mass is 9.94. The van der Waals surface area contributed by atoms with Crippen LogP contribution in [0.15, 0.2) is 97.1 Å². The van der Waals surface area contributed by atoms with Crippen LogP contribution in [-0.4, -0.2) is 108 Å². The molecule has 4 saturated heterocycles. The quantitative estimate of drug-likeness (QED) is 0.105. The van der Waals surface area contributed by atoms with Crippen LogP contribution in [-0.2, 0) is 52.7 Å². The fourth-order valence-electron chi connectivity index (χ4n) is 9.95. The summed E-state index contributed by atoms with van der Waals surface area (Å²) in [5, 5.41) is 22.5. The summed E-state index contributed by atoms with van der Waals surface area (Å²) in [7, 11) is 3.01. The molecule has 4 aromatic carbocycles. The number of hydrogen-bond acceptors (Lipinski definition) is 11. The van der Waals surface area contributed by atoms with Gasteiger partial charge < -0.3 is 46.1 Å². The monoisotopic (exact) mass is 974 g/mol. The summed E-state index contributed by atoms with van der Waals surface area (Å²) >= 11 is 0. The molecule has 4 heterocycles. The molecule has 4 aliphatic heterocycles. The average molecular weight is 975 g/mol. The summed E-state index contributed by atoms with van der Waals surface area (Å²) < 4.78 is 10.9. The van der Waals surface area contributed by atoms with Crippen LogP contribution < -0.4 is 26.6 Å². The van der Waals surface area contributed by atoms with Gasteiger partial charge in [0.15, 0.2) is 0 Å². The van der Waals surface area contributed by atoms with Gasteiger partial charge in [0.25, 0.3) is 11.8 Å². The van der Waals surface area contributed by atoms with Crippen molar-refractivity contribution in [3.8, 4) is 0 Å². The van der Waals surface area contributed by atoms with Crippen LogP contribution in [0, 0.1) is 0 Å². The first-order valence-electron chi connectivity index (χ1n) is 23.0. The Morgan fingerprint density at radius 2 is 1.15 bits per heavy atom. The number of likely N-dealkylation sites (tertiary alicyclic amines) is 1. The third kappa shape index (κ3) is 10.7. The third-order valence-electron chi connectivity index (χ3n) is 13.3. The summed E-state index contributed by atoms with van der Waals surface area (Å²) in [4.78, 5) is 101. The van der Waals surface area contributed by atoms with Crippen molar-refractivity contribution < 1.29 is 52.9 Å². The number of ether oxygens (including phenoxy) is 2. The average Bonchev–Trinajstić information content (AvgIpc) is 4.24. The largest absolute Gasteiger partial charge is 0.480 e. The highest BCUT2D eigenvalue weighted by Gasteiger charge is 2.60. The van der Waals surface area contributed by atoms with E-state index in [1.54, 1.807) is 41.3 Å². The van der Waals surface area contributed by atoms with E-state index in [-0.39, 0.29) is 51.8 Å². The number of nitrogens with one attached hydrogen (secondary N) is 5. The molecule has 19 heteroatoms. The van der Waals surface area contributed by atoms with Crippen molar-refractivity contribution in [2.75, 3.05) is 50.9 Å². The molecule has 10 rings (SSSR count). The van der Waals surface area contributed by atoms with Gasteiger partial charge in [-0.25, -0.2) is 29.0 Å². The molecule has 71 heavy (non-hydrogen) atoms. The second kappa shape index (κ2) is 22.3. The Kier molecular flexibility index (Phi) is 16.5. The molecule has 6 aliphatic rings. The summed E-state index contributed by atoms with van der Waals surface area (Å²) in [6.45, 7) is 0.698. The highest BCUT2D eigenvalue weighted by molar-refractivity contribution is 6.07. The van der Waals surface area contributed by atoms with Gasteiger partial charge in [-0.15, -0.1) is 0 Å². The molecule has 2 unspecified atom stereocenters. The van der Waals surface area contributed by atoms with E-state index in [1.807, 2.05) is 30.3 Å². The van der Waals surface area contributed by atoms with Crippen molar-refractivity contribution in [2.24, 2.45) is 0 Å². The molecular formula is C52H62N8O11. The Balaban J connectivity index is 0.000000193. The molecule has 19 nitrogen and oxygen atoms in total. The summed E-state index contributed by atoms with van der Waals surface area (Å²) in [5.41, 5.74) is 3.45. The normalized spacial score (nSPS) is 22.1. The maximum Gasteiger partial charge on any atom is 0.418 e. The van der Waals surface area contributed by atoms with Crippen LogP contribution in [0.3, 0.4) is 0 Å². The van der Waals surface area contributed by atoms with E-state index < -0.39 is 47.7 Å². The molecule has 9 amide bonds. The van der Waals surface area contributed by atoms with Gasteiger partial charge in [0.05, 0.1) is 6.04 Å². The van der Waals surface area contributed by atoms with Crippen molar-refractivity contribution in [1.29, 1.82) is 0 Å². The lowest BCUT2D eigenvalue weighted by Gasteiger charge is -2.26. The Morgan fingerprint density at radius 3 is 1.62 bits per heavy atom. The number of anilines is 2. The highest BCUT2D eigenvalue weighted by Crippen LogP contribution is 2.47. The number of fused-ring (bicyclic) bond motifs is 4. The van der Waals surface area contributed by atoms with Crippen molar-refractivity contribution >= 4 is 59.3 Å². The Hall–Kier alpha value is -7.80. The minimum Gasteiger partial charge on any atom is -0.480 e. The number of urea groups is 2. The number of rotatable bonds is 8. The van der Waals surface area contributed by atoms with Crippen LogP contribution in [0.25, 0.3) is 0 Å². The predicted octanol–water partition coefficient (Wildman–Crippen LogP) is 6.95. The Morgan fingerprint density at radius 1 is 0.662 bits per heavy atom. The zero-order valence-corrected chi connectivity index (χ0v) is 38.2. The minimum atomic E-state index is -1.46. The molecule has 0 saturated carbocycles. The van der Waals surface area contributed by atoms with Crippen LogP contribution in [0.5, 0.6) is 0 Å². The number of nitrogens with zero attached hydrogens (tertiary/aromatic N) is 3. The van der Waals surface area contributed by atoms with E-state index in [4.69, 9.17) is 14.6 Å². The smallest absolute Gasteiger partial charge is 0.418 e. The number of carbonyl (C=O) groups excluding carboxylic acids is 7. The lowest BCUT2D eigenvalue weighted by molar-refractivity contribution is -0.144. The fourth-order valence-corrected chi connectivity index (χ4v) is 9.95. The van der Waals surface area contributed by atoms with E-state index in [1.165, 1.54) is 39.0 Å². The Bertz CT molecular complexity index is 2660. The molecule has 6 N–H and O–H groups in total. The van der Waals surface area contributed by atoms with Gasteiger partial charge >= 0.3 is 30.2 Å². The number of carboxylic acids is 1. The van der Waals surface area contributed by atoms with Crippen LogP contribution >= 0.6 is 0 Å². The number of carboxylic acid groups (broad SMARTS) is 1. The number of hydrogen-bond donors (Lipinski definition) is 6. The highest BCUT2D eigenvalue weighted by atomic mass is 16.6. The molecule has 4 aromatic rings. The second-order valence-corrected chi connectivity index (χ2v) is 17.4. The first kappa shape index (κ1) is 52.6. The molecule has 4 fully saturated rings. The summed E-state index contributed by atoms with van der Waals surface area (Å²) in [6, 6.07) is 30.4. The van der Waals surface area contributed by atoms with Gasteiger partial charge in [-0.1, -0.05) is 87.6 Å². The van der Waals surface area contributed by atoms with Gasteiger partial charge in [-0.05, 0) is 91.6 Å². The topological polar surface area (TPSA) is 245 Å². The maximum atomic E-state index is 13.4. The van der Waals surface area contributed by atoms with Crippen molar-refractivity contribution in [3.05, 3.63) is 130 Å². The van der Waals surface area contributed by atoms with Crippen LogP contribution in [0.2, 0.25) is 0 Å². The Labute approximate surface area is 412 Å². The van der Waals surface area contributed by atoms with E-state index in [2.05, 4.69) is 56.9 Å². The summed E-state index contributed by atoms with van der Waals surface area (Å²) in [6.07, 6.45) is 4.11. The molecule has 4 atom stereocenters. The molecule has 376 valence electrons. The molecule has 0 aromatic heterocycles. The van der Waals surface area contributed by atoms with Crippen molar-refractivity contribution in [2.45, 2.75) is 89.5 Å². The molecule has 2 aliphatic carbocycles. The second-order valence-electron chi connectivity index (χ2n) is 17.4. The standard InChI is InChI=1S/C25H26N4O5.C15H15N3O6.C10H13N.2CH4/c1-26-23(32)27-18-9-10-19-17(14-18)11-12-25(19)22(31)29(24(33)34-25)15-21(30)28-13-5-8-20(28)16-6-3-2-4-7-16;1-16-13(22)17-9-2-3-10-8(6-9)4-5-15(10)12(21)18(7-11(19)20)14(23)24-15;1-2-5-9(6-3-1)10-7-4-8-11-10;;/h2-4,6-7,9-10,14,20H,5,8,11-13,15H2,1H3,(H2,26,27,32);2-3,6H,4-5,7H2,1H3,(H,19,20)(H2,16,17,22);1-3,5-6,10-11H,4,7-8H2;2*1H4/t20?,25-;15-;;;/m11.../s1. The van der Waals surface area contributed by atoms with Crippen molar-refractivity contribution in [1.82, 2.24) is 30.7 Å². The third-order valence-corrected chi connectivity index (χ3v) is 13.3. The minimum absolute atomic E-state index is 0. The molecule has 2 spiro atoms. The lowest BCUT2D eigenvalue weighted by Crippen LogP contribution is -2.44.